The molecule has 0 saturated heterocycles. The largest absolute Gasteiger partial charge is 0.296 e. The highest BCUT2D eigenvalue weighted by molar-refractivity contribution is 7.22. The number of anilines is 1. The number of carbonyl (C=O) groups excluding carboxylic acids is 1. The second kappa shape index (κ2) is 6.68. The van der Waals surface area contributed by atoms with Crippen molar-refractivity contribution in [2.75, 3.05) is 5.32 Å². The van der Waals surface area contributed by atoms with E-state index in [4.69, 9.17) is 0 Å². The normalized spacial score (nSPS) is 11.2. The van der Waals surface area contributed by atoms with Crippen molar-refractivity contribution in [2.24, 2.45) is 0 Å². The van der Waals surface area contributed by atoms with Crippen LogP contribution in [-0.4, -0.2) is 25.1 Å². The van der Waals surface area contributed by atoms with Gasteiger partial charge in [-0.1, -0.05) is 41.2 Å². The van der Waals surface area contributed by atoms with Crippen LogP contribution in [0.4, 0.5) is 5.13 Å². The van der Waals surface area contributed by atoms with Gasteiger partial charge >= 0.3 is 0 Å². The van der Waals surface area contributed by atoms with Crippen LogP contribution in [0.1, 0.15) is 16.1 Å². The highest BCUT2D eigenvalue weighted by atomic mass is 32.1. The third kappa shape index (κ3) is 2.99. The highest BCUT2D eigenvalue weighted by Crippen LogP contribution is 2.26. The Morgan fingerprint density at radius 3 is 2.66 bits per heavy atom. The standard InChI is InChI=1S/C21H15N5O2S/c1-13-6-8-14(9-7-13)25-16(12-18-22-11-10-19(27)26(18)25)20(28)24-21-23-15-4-2-3-5-17(15)29-21/h2-12H,1H3,(H,23,24,28). The van der Waals surface area contributed by atoms with Crippen molar-refractivity contribution in [3.05, 3.63) is 88.5 Å². The lowest BCUT2D eigenvalue weighted by atomic mass is 10.2. The van der Waals surface area contributed by atoms with E-state index in [2.05, 4.69) is 15.3 Å². The maximum Gasteiger partial charge on any atom is 0.276 e. The molecule has 0 saturated carbocycles. The summed E-state index contributed by atoms with van der Waals surface area (Å²) in [5.41, 5.74) is 3.02. The molecule has 3 aromatic heterocycles. The number of thiazole rings is 1. The Balaban J connectivity index is 1.64. The molecule has 5 aromatic rings. The summed E-state index contributed by atoms with van der Waals surface area (Å²) in [6.45, 7) is 1.98. The molecular weight excluding hydrogens is 386 g/mol. The summed E-state index contributed by atoms with van der Waals surface area (Å²) in [4.78, 5) is 34.3. The molecule has 8 heteroatoms. The van der Waals surface area contributed by atoms with Crippen LogP contribution in [0.2, 0.25) is 0 Å². The molecule has 142 valence electrons. The lowest BCUT2D eigenvalue weighted by Gasteiger charge is -2.10. The number of aromatic nitrogens is 4. The molecule has 0 aliphatic heterocycles. The van der Waals surface area contributed by atoms with Crippen LogP contribution >= 0.6 is 11.3 Å². The molecule has 5 rings (SSSR count). The maximum absolute atomic E-state index is 13.1. The zero-order valence-electron chi connectivity index (χ0n) is 15.4. The van der Waals surface area contributed by atoms with E-state index in [0.29, 0.717) is 22.2 Å². The second-order valence-corrected chi connectivity index (χ2v) is 7.60. The Bertz CT molecular complexity index is 1400. The van der Waals surface area contributed by atoms with Gasteiger partial charge < -0.3 is 0 Å². The number of fused-ring (bicyclic) bond motifs is 2. The number of aryl methyl sites for hydroxylation is 1. The van der Waals surface area contributed by atoms with Crippen molar-refractivity contribution in [1.29, 1.82) is 0 Å². The summed E-state index contributed by atoms with van der Waals surface area (Å²) in [7, 11) is 0. The molecule has 7 nitrogen and oxygen atoms in total. The molecule has 1 amide bonds. The van der Waals surface area contributed by atoms with Crippen LogP contribution in [0.5, 0.6) is 0 Å². The van der Waals surface area contributed by atoms with Crippen molar-refractivity contribution in [3.63, 3.8) is 0 Å². The fraction of sp³-hybridized carbons (Fsp3) is 0.0476. The molecule has 0 fully saturated rings. The number of amides is 1. The molecule has 3 heterocycles. The number of nitrogens with one attached hydrogen (secondary N) is 1. The number of para-hydroxylation sites is 1. The van der Waals surface area contributed by atoms with Crippen molar-refractivity contribution in [3.8, 4) is 5.69 Å². The average molecular weight is 401 g/mol. The Labute approximate surface area is 168 Å². The quantitative estimate of drug-likeness (QED) is 0.500. The topological polar surface area (TPSA) is 81.3 Å². The number of benzene rings is 2. The lowest BCUT2D eigenvalue weighted by Crippen LogP contribution is -2.23. The van der Waals surface area contributed by atoms with Crippen molar-refractivity contribution in [2.45, 2.75) is 6.92 Å². The molecule has 1 N–H and O–H groups in total. The summed E-state index contributed by atoms with van der Waals surface area (Å²) in [6.07, 6.45) is 1.44. The third-order valence-electron chi connectivity index (χ3n) is 4.57. The summed E-state index contributed by atoms with van der Waals surface area (Å²) in [6, 6.07) is 18.2. The fourth-order valence-corrected chi connectivity index (χ4v) is 4.06. The molecule has 2 aromatic carbocycles. The maximum atomic E-state index is 13.1. The second-order valence-electron chi connectivity index (χ2n) is 6.57. The van der Waals surface area contributed by atoms with Crippen LogP contribution in [0.15, 0.2) is 71.7 Å². The van der Waals surface area contributed by atoms with Gasteiger partial charge in [-0.05, 0) is 31.2 Å². The molecule has 29 heavy (non-hydrogen) atoms. The van der Waals surface area contributed by atoms with E-state index < -0.39 is 0 Å². The first kappa shape index (κ1) is 17.3. The minimum absolute atomic E-state index is 0.269. The number of rotatable bonds is 3. The van der Waals surface area contributed by atoms with Gasteiger partial charge in [0.1, 0.15) is 5.69 Å². The molecular formula is C21H15N5O2S. The summed E-state index contributed by atoms with van der Waals surface area (Å²) < 4.78 is 3.95. The molecule has 0 bridgehead atoms. The van der Waals surface area contributed by atoms with Gasteiger partial charge in [0.05, 0.1) is 15.9 Å². The Morgan fingerprint density at radius 1 is 1.07 bits per heavy atom. The first-order valence-electron chi connectivity index (χ1n) is 8.94. The van der Waals surface area contributed by atoms with Crippen LogP contribution in [0.3, 0.4) is 0 Å². The summed E-state index contributed by atoms with van der Waals surface area (Å²) >= 11 is 1.40. The van der Waals surface area contributed by atoms with E-state index in [1.54, 1.807) is 10.7 Å². The number of hydrogen-bond donors (Lipinski definition) is 1. The number of carbonyl (C=O) groups is 1. The number of nitrogens with zero attached hydrogens (tertiary/aromatic N) is 4. The van der Waals surface area contributed by atoms with Crippen molar-refractivity contribution < 1.29 is 4.79 Å². The molecule has 0 radical (unpaired) electrons. The molecule has 0 aliphatic carbocycles. The predicted molar refractivity (Wildman–Crippen MR) is 113 cm³/mol. The van der Waals surface area contributed by atoms with E-state index in [9.17, 15) is 9.59 Å². The van der Waals surface area contributed by atoms with Gasteiger partial charge in [-0.3, -0.25) is 14.9 Å². The lowest BCUT2D eigenvalue weighted by molar-refractivity contribution is 0.101. The van der Waals surface area contributed by atoms with E-state index in [1.165, 1.54) is 28.1 Å². The Hall–Kier alpha value is -3.78. The van der Waals surface area contributed by atoms with Gasteiger partial charge in [-0.25, -0.2) is 14.6 Å². The Morgan fingerprint density at radius 2 is 1.86 bits per heavy atom. The van der Waals surface area contributed by atoms with Gasteiger partial charge in [0.2, 0.25) is 0 Å². The third-order valence-corrected chi connectivity index (χ3v) is 5.52. The van der Waals surface area contributed by atoms with Gasteiger partial charge in [0.25, 0.3) is 11.5 Å². The van der Waals surface area contributed by atoms with Crippen LogP contribution in [0.25, 0.3) is 21.6 Å². The van der Waals surface area contributed by atoms with Gasteiger partial charge in [-0.15, -0.1) is 0 Å². The van der Waals surface area contributed by atoms with Gasteiger partial charge in [-0.2, -0.15) is 4.52 Å². The van der Waals surface area contributed by atoms with Crippen LogP contribution < -0.4 is 10.9 Å². The molecule has 0 spiro atoms. The van der Waals surface area contributed by atoms with Crippen LogP contribution in [-0.2, 0) is 0 Å². The van der Waals surface area contributed by atoms with Gasteiger partial charge in [0, 0.05) is 18.3 Å². The molecule has 0 atom stereocenters. The fourth-order valence-electron chi connectivity index (χ4n) is 3.20. The SMILES string of the molecule is Cc1ccc(-n2c(C(=O)Nc3nc4ccccc4s3)cc3nccc(=O)n32)cc1. The van der Waals surface area contributed by atoms with E-state index in [1.807, 2.05) is 55.5 Å². The zero-order valence-corrected chi connectivity index (χ0v) is 16.2. The minimum Gasteiger partial charge on any atom is -0.296 e. The zero-order chi connectivity index (χ0) is 20.0. The van der Waals surface area contributed by atoms with E-state index in [-0.39, 0.29) is 11.5 Å². The summed E-state index contributed by atoms with van der Waals surface area (Å²) in [5, 5.41) is 3.35. The average Bonchev–Trinajstić information content (AvgIpc) is 3.30. The Kier molecular flexibility index (Phi) is 3.99. The van der Waals surface area contributed by atoms with Gasteiger partial charge in [0.15, 0.2) is 10.8 Å². The predicted octanol–water partition coefficient (Wildman–Crippen LogP) is 3.66. The minimum atomic E-state index is -0.366. The number of hydrogen-bond acceptors (Lipinski definition) is 5. The monoisotopic (exact) mass is 401 g/mol. The first-order chi connectivity index (χ1) is 14.1. The van der Waals surface area contributed by atoms with Crippen molar-refractivity contribution >= 4 is 38.2 Å². The van der Waals surface area contributed by atoms with Crippen LogP contribution in [0, 0.1) is 6.92 Å². The van der Waals surface area contributed by atoms with E-state index >= 15 is 0 Å². The molecule has 0 aliphatic rings. The molecule has 0 unspecified atom stereocenters. The first-order valence-corrected chi connectivity index (χ1v) is 9.75. The smallest absolute Gasteiger partial charge is 0.276 e. The highest BCUT2D eigenvalue weighted by Gasteiger charge is 2.20. The summed E-state index contributed by atoms with van der Waals surface area (Å²) in [5.74, 6) is -0.366. The van der Waals surface area contributed by atoms with E-state index in [0.717, 1.165) is 15.8 Å². The van der Waals surface area contributed by atoms with Crippen molar-refractivity contribution in [1.82, 2.24) is 19.2 Å².